The van der Waals surface area contributed by atoms with Gasteiger partial charge in [-0.3, -0.25) is 4.79 Å². The molecule has 1 aliphatic rings. The molecule has 0 radical (unpaired) electrons. The Bertz CT molecular complexity index is 692. The Balaban J connectivity index is 1.72. The Morgan fingerprint density at radius 1 is 1.24 bits per heavy atom. The van der Waals surface area contributed by atoms with Gasteiger partial charge in [-0.1, -0.05) is 43.0 Å². The summed E-state index contributed by atoms with van der Waals surface area (Å²) in [6, 6.07) is 8.07. The van der Waals surface area contributed by atoms with Crippen molar-refractivity contribution in [2.75, 3.05) is 18.0 Å². The molecular weight excluding hydrogens is 352 g/mol. The third-order valence-corrected chi connectivity index (χ3v) is 6.29. The van der Waals surface area contributed by atoms with Crippen LogP contribution in [0.5, 0.6) is 0 Å². The maximum atomic E-state index is 11.2. The molecule has 0 bridgehead atoms. The van der Waals surface area contributed by atoms with Crippen molar-refractivity contribution in [3.8, 4) is 0 Å². The van der Waals surface area contributed by atoms with Gasteiger partial charge in [0.15, 0.2) is 11.4 Å². The smallest absolute Gasteiger partial charge is 0.186 e. The molecule has 0 spiro atoms. The van der Waals surface area contributed by atoms with Crippen LogP contribution in [-0.2, 0) is 6.42 Å². The number of thiazole rings is 1. The van der Waals surface area contributed by atoms with Gasteiger partial charge in [-0.05, 0) is 49.8 Å². The average molecular weight is 377 g/mol. The van der Waals surface area contributed by atoms with Crippen molar-refractivity contribution in [1.29, 1.82) is 0 Å². The van der Waals surface area contributed by atoms with Crippen molar-refractivity contribution in [3.05, 3.63) is 45.4 Å². The van der Waals surface area contributed by atoms with Crippen molar-refractivity contribution < 1.29 is 4.79 Å². The molecule has 1 fully saturated rings. The second-order valence-electron chi connectivity index (χ2n) is 6.88. The Morgan fingerprint density at radius 3 is 2.60 bits per heavy atom. The highest BCUT2D eigenvalue weighted by molar-refractivity contribution is 7.15. The van der Waals surface area contributed by atoms with E-state index in [2.05, 4.69) is 22.0 Å². The van der Waals surface area contributed by atoms with Crippen molar-refractivity contribution in [1.82, 2.24) is 4.98 Å². The number of benzene rings is 1. The molecule has 0 atom stereocenters. The first-order valence-electron chi connectivity index (χ1n) is 9.07. The first-order chi connectivity index (χ1) is 12.2. The molecule has 25 heavy (non-hydrogen) atoms. The zero-order valence-corrected chi connectivity index (χ0v) is 16.3. The van der Waals surface area contributed by atoms with Crippen molar-refractivity contribution in [3.63, 3.8) is 0 Å². The largest absolute Gasteiger partial charge is 0.347 e. The zero-order chi connectivity index (χ0) is 17.6. The molecule has 3 rings (SSSR count). The molecule has 1 saturated carbocycles. The van der Waals surface area contributed by atoms with Gasteiger partial charge in [-0.15, -0.1) is 11.3 Å². The van der Waals surface area contributed by atoms with E-state index in [4.69, 9.17) is 11.6 Å². The fraction of sp³-hybridized carbons (Fsp3) is 0.500. The normalized spacial score (nSPS) is 15.3. The number of carbonyl (C=O) groups excluding carboxylic acids is 1. The van der Waals surface area contributed by atoms with Crippen molar-refractivity contribution in [2.24, 2.45) is 5.92 Å². The highest BCUT2D eigenvalue weighted by Crippen LogP contribution is 2.30. The van der Waals surface area contributed by atoms with E-state index in [1.165, 1.54) is 37.7 Å². The number of rotatable bonds is 7. The van der Waals surface area contributed by atoms with Crippen LogP contribution in [0.25, 0.3) is 0 Å². The van der Waals surface area contributed by atoms with Gasteiger partial charge >= 0.3 is 0 Å². The first kappa shape index (κ1) is 18.4. The van der Waals surface area contributed by atoms with E-state index in [0.717, 1.165) is 46.7 Å². The van der Waals surface area contributed by atoms with Gasteiger partial charge in [-0.25, -0.2) is 4.98 Å². The zero-order valence-electron chi connectivity index (χ0n) is 14.7. The molecule has 2 aromatic rings. The summed E-state index contributed by atoms with van der Waals surface area (Å²) in [5, 5.41) is 1.76. The number of hydrogen-bond donors (Lipinski definition) is 0. The standard InChI is InChI=1S/C20H25ClN2OS/c1-15-19(14-24)22-20(25-15)23(13-17-5-3-2-4-6-17)12-11-16-7-9-18(21)10-8-16/h7-10,14,17H,2-6,11-13H2,1H3. The summed E-state index contributed by atoms with van der Waals surface area (Å²) in [4.78, 5) is 19.1. The molecule has 5 heteroatoms. The van der Waals surface area contributed by atoms with Gasteiger partial charge in [-0.2, -0.15) is 0 Å². The van der Waals surface area contributed by atoms with Gasteiger partial charge in [0.2, 0.25) is 0 Å². The summed E-state index contributed by atoms with van der Waals surface area (Å²) in [5.41, 5.74) is 1.86. The van der Waals surface area contributed by atoms with Crippen LogP contribution in [0.15, 0.2) is 24.3 Å². The summed E-state index contributed by atoms with van der Waals surface area (Å²) >= 11 is 7.62. The third-order valence-electron chi connectivity index (χ3n) is 4.99. The van der Waals surface area contributed by atoms with Crippen LogP contribution in [0.3, 0.4) is 0 Å². The highest BCUT2D eigenvalue weighted by Gasteiger charge is 2.20. The van der Waals surface area contributed by atoms with Gasteiger partial charge in [0, 0.05) is 23.0 Å². The number of aromatic nitrogens is 1. The fourth-order valence-electron chi connectivity index (χ4n) is 3.50. The minimum atomic E-state index is 0.583. The third kappa shape index (κ3) is 5.05. The number of nitrogens with zero attached hydrogens (tertiary/aromatic N) is 2. The predicted molar refractivity (Wildman–Crippen MR) is 106 cm³/mol. The molecule has 3 nitrogen and oxygen atoms in total. The number of halogens is 1. The molecular formula is C20H25ClN2OS. The Morgan fingerprint density at radius 2 is 1.96 bits per heavy atom. The summed E-state index contributed by atoms with van der Waals surface area (Å²) in [6.45, 7) is 3.94. The van der Waals surface area contributed by atoms with E-state index in [9.17, 15) is 4.79 Å². The summed E-state index contributed by atoms with van der Waals surface area (Å²) in [5.74, 6) is 0.739. The molecule has 1 aromatic heterocycles. The number of aldehydes is 1. The SMILES string of the molecule is Cc1sc(N(CCc2ccc(Cl)cc2)CC2CCCCC2)nc1C=O. The monoisotopic (exact) mass is 376 g/mol. The predicted octanol–water partition coefficient (Wildman–Crippen LogP) is 5.55. The maximum Gasteiger partial charge on any atom is 0.186 e. The Hall–Kier alpha value is -1.39. The lowest BCUT2D eigenvalue weighted by molar-refractivity contribution is 0.111. The maximum absolute atomic E-state index is 11.2. The summed E-state index contributed by atoms with van der Waals surface area (Å²) in [7, 11) is 0. The highest BCUT2D eigenvalue weighted by atomic mass is 35.5. The van der Waals surface area contributed by atoms with E-state index in [0.29, 0.717) is 5.69 Å². The van der Waals surface area contributed by atoms with Crippen LogP contribution in [-0.4, -0.2) is 24.4 Å². The minimum absolute atomic E-state index is 0.583. The lowest BCUT2D eigenvalue weighted by Crippen LogP contribution is -2.32. The van der Waals surface area contributed by atoms with Gasteiger partial charge in [0.25, 0.3) is 0 Å². The first-order valence-corrected chi connectivity index (χ1v) is 10.3. The van der Waals surface area contributed by atoms with Crippen LogP contribution < -0.4 is 4.90 Å². The summed E-state index contributed by atoms with van der Waals surface area (Å²) in [6.07, 6.45) is 8.49. The van der Waals surface area contributed by atoms with Gasteiger partial charge < -0.3 is 4.90 Å². The lowest BCUT2D eigenvalue weighted by Gasteiger charge is -2.29. The number of hydrogen-bond acceptors (Lipinski definition) is 4. The fourth-order valence-corrected chi connectivity index (χ4v) is 4.54. The Kier molecular flexibility index (Phi) is 6.49. The molecule has 0 amide bonds. The molecule has 1 aromatic carbocycles. The Labute approximate surface area is 159 Å². The minimum Gasteiger partial charge on any atom is -0.347 e. The van der Waals surface area contributed by atoms with Crippen LogP contribution in [0.2, 0.25) is 5.02 Å². The quantitative estimate of drug-likeness (QED) is 0.594. The van der Waals surface area contributed by atoms with Gasteiger partial charge in [0.1, 0.15) is 5.69 Å². The number of anilines is 1. The average Bonchev–Trinajstić information content (AvgIpc) is 3.01. The molecule has 0 unspecified atom stereocenters. The van der Waals surface area contributed by atoms with E-state index < -0.39 is 0 Å². The lowest BCUT2D eigenvalue weighted by atomic mass is 9.89. The molecule has 0 saturated heterocycles. The summed E-state index contributed by atoms with van der Waals surface area (Å²) < 4.78 is 0. The van der Waals surface area contributed by atoms with Crippen molar-refractivity contribution >= 4 is 34.4 Å². The van der Waals surface area contributed by atoms with Crippen molar-refractivity contribution in [2.45, 2.75) is 45.4 Å². The van der Waals surface area contributed by atoms with Crippen LogP contribution in [0, 0.1) is 12.8 Å². The topological polar surface area (TPSA) is 33.2 Å². The van der Waals surface area contributed by atoms with Crippen LogP contribution in [0.4, 0.5) is 5.13 Å². The number of carbonyl (C=O) groups is 1. The van der Waals surface area contributed by atoms with E-state index in [1.54, 1.807) is 11.3 Å². The molecule has 0 N–H and O–H groups in total. The second kappa shape index (κ2) is 8.81. The van der Waals surface area contributed by atoms with Crippen LogP contribution in [0.1, 0.15) is 53.0 Å². The number of aryl methyl sites for hydroxylation is 1. The van der Waals surface area contributed by atoms with E-state index in [-0.39, 0.29) is 0 Å². The van der Waals surface area contributed by atoms with Crippen LogP contribution >= 0.6 is 22.9 Å². The molecule has 0 aliphatic heterocycles. The second-order valence-corrected chi connectivity index (χ2v) is 8.50. The molecule has 1 heterocycles. The van der Waals surface area contributed by atoms with Gasteiger partial charge in [0.05, 0.1) is 0 Å². The molecule has 134 valence electrons. The molecule has 1 aliphatic carbocycles. The van der Waals surface area contributed by atoms with E-state index in [1.807, 2.05) is 19.1 Å². The van der Waals surface area contributed by atoms with E-state index >= 15 is 0 Å².